The van der Waals surface area contributed by atoms with Gasteiger partial charge >= 0.3 is 10.2 Å². The van der Waals surface area contributed by atoms with Crippen LogP contribution >= 0.6 is 0 Å². The van der Waals surface area contributed by atoms with E-state index in [1.54, 1.807) is 0 Å². The second-order valence-electron chi connectivity index (χ2n) is 7.99. The molecule has 1 aromatic heterocycles. The number of furan rings is 1. The van der Waals surface area contributed by atoms with E-state index in [1.807, 2.05) is 42.5 Å². The summed E-state index contributed by atoms with van der Waals surface area (Å²) in [7, 11) is -1.04. The van der Waals surface area contributed by atoms with Gasteiger partial charge < -0.3 is 24.7 Å². The molecule has 1 unspecified atom stereocenters. The lowest BCUT2D eigenvalue weighted by molar-refractivity contribution is 0.172. The Bertz CT molecular complexity index is 1400. The maximum absolute atomic E-state index is 12.0. The number of hydrogen-bond acceptors (Lipinski definition) is 7. The van der Waals surface area contributed by atoms with Gasteiger partial charge in [-0.2, -0.15) is 12.7 Å². The first-order valence-corrected chi connectivity index (χ1v) is 12.1. The van der Waals surface area contributed by atoms with E-state index in [-0.39, 0.29) is 18.0 Å². The standard InChI is InChI=1S/C24H27N3O6S/c1-27(2)34(30,31)26-20-13-16(7-9-21(20)28)22(29)15-25-11-12-32-17-8-10-24-19(14-17)18-5-3-4-6-23(18)33-24/h3-10,13-14,22,25-26,28-29H,11-12,15H2,1-2H3. The van der Waals surface area contributed by atoms with Gasteiger partial charge in [-0.15, -0.1) is 0 Å². The number of fused-ring (bicyclic) bond motifs is 3. The van der Waals surface area contributed by atoms with Crippen molar-refractivity contribution in [2.75, 3.05) is 38.5 Å². The Balaban J connectivity index is 1.30. The molecule has 3 aromatic carbocycles. The highest BCUT2D eigenvalue weighted by molar-refractivity contribution is 7.90. The van der Waals surface area contributed by atoms with Crippen molar-refractivity contribution in [3.05, 3.63) is 66.2 Å². The summed E-state index contributed by atoms with van der Waals surface area (Å²) in [5.74, 6) is 0.489. The molecule has 0 radical (unpaired) electrons. The van der Waals surface area contributed by atoms with E-state index in [9.17, 15) is 18.6 Å². The minimum Gasteiger partial charge on any atom is -0.506 e. The molecule has 0 spiro atoms. The topological polar surface area (TPSA) is 124 Å². The molecule has 0 aliphatic heterocycles. The number of aliphatic hydroxyl groups is 1. The van der Waals surface area contributed by atoms with Crippen molar-refractivity contribution < 1.29 is 27.8 Å². The molecule has 0 aliphatic carbocycles. The van der Waals surface area contributed by atoms with E-state index in [0.717, 1.165) is 32.0 Å². The lowest BCUT2D eigenvalue weighted by Gasteiger charge is -2.17. The second kappa shape index (κ2) is 9.90. The van der Waals surface area contributed by atoms with Gasteiger partial charge in [-0.05, 0) is 42.0 Å². The van der Waals surface area contributed by atoms with Gasteiger partial charge in [0.15, 0.2) is 0 Å². The van der Waals surface area contributed by atoms with Crippen LogP contribution in [0.25, 0.3) is 21.9 Å². The summed E-state index contributed by atoms with van der Waals surface area (Å²) < 4.78 is 39.0. The highest BCUT2D eigenvalue weighted by Crippen LogP contribution is 2.31. The number of nitrogens with zero attached hydrogens (tertiary/aromatic N) is 1. The maximum atomic E-state index is 12.0. The summed E-state index contributed by atoms with van der Waals surface area (Å²) in [6.45, 7) is 1.09. The predicted octanol–water partition coefficient (Wildman–Crippen LogP) is 3.21. The first kappa shape index (κ1) is 23.8. The molecule has 4 aromatic rings. The minimum atomic E-state index is -3.79. The fourth-order valence-corrected chi connectivity index (χ4v) is 4.09. The number of aliphatic hydroxyl groups excluding tert-OH is 1. The molecule has 4 N–H and O–H groups in total. The SMILES string of the molecule is CN(C)S(=O)(=O)Nc1cc(C(O)CNCCOc2ccc3oc4ccccc4c3c2)ccc1O. The van der Waals surface area contributed by atoms with Gasteiger partial charge in [-0.25, -0.2) is 0 Å². The van der Waals surface area contributed by atoms with Crippen LogP contribution in [0.3, 0.4) is 0 Å². The summed E-state index contributed by atoms with van der Waals surface area (Å²) in [5, 5.41) is 25.6. The number of phenols is 1. The molecule has 0 bridgehead atoms. The highest BCUT2D eigenvalue weighted by Gasteiger charge is 2.17. The number of hydrogen-bond donors (Lipinski definition) is 4. The molecule has 1 heterocycles. The average molecular weight is 486 g/mol. The number of rotatable bonds is 10. The lowest BCUT2D eigenvalue weighted by atomic mass is 10.1. The van der Waals surface area contributed by atoms with Gasteiger partial charge in [0.05, 0.1) is 11.8 Å². The average Bonchev–Trinajstić information content (AvgIpc) is 3.18. The van der Waals surface area contributed by atoms with E-state index in [4.69, 9.17) is 9.15 Å². The molecule has 180 valence electrons. The van der Waals surface area contributed by atoms with Crippen LogP contribution < -0.4 is 14.8 Å². The molecule has 4 rings (SSSR count). The van der Waals surface area contributed by atoms with E-state index in [1.165, 1.54) is 32.3 Å². The Kier molecular flexibility index (Phi) is 6.94. The Morgan fingerprint density at radius 3 is 2.59 bits per heavy atom. The Labute approximate surface area is 197 Å². The fraction of sp³-hybridized carbons (Fsp3) is 0.250. The van der Waals surface area contributed by atoms with Crippen LogP contribution in [-0.4, -0.2) is 56.7 Å². The Morgan fingerprint density at radius 2 is 1.79 bits per heavy atom. The third-order valence-electron chi connectivity index (χ3n) is 5.36. The van der Waals surface area contributed by atoms with Crippen molar-refractivity contribution in [2.45, 2.75) is 6.10 Å². The minimum absolute atomic E-state index is 0.00394. The second-order valence-corrected chi connectivity index (χ2v) is 9.88. The lowest BCUT2D eigenvalue weighted by Crippen LogP contribution is -2.29. The third-order valence-corrected chi connectivity index (χ3v) is 6.80. The van der Waals surface area contributed by atoms with Crippen LogP contribution in [0.4, 0.5) is 5.69 Å². The largest absolute Gasteiger partial charge is 0.506 e. The highest BCUT2D eigenvalue weighted by atomic mass is 32.2. The zero-order chi connectivity index (χ0) is 24.3. The third kappa shape index (κ3) is 5.26. The monoisotopic (exact) mass is 485 g/mol. The van der Waals surface area contributed by atoms with Gasteiger partial charge in [-0.3, -0.25) is 4.72 Å². The predicted molar refractivity (Wildman–Crippen MR) is 131 cm³/mol. The van der Waals surface area contributed by atoms with Crippen LogP contribution in [0, 0.1) is 0 Å². The number of phenolic OH excluding ortho intramolecular Hbond substituents is 1. The van der Waals surface area contributed by atoms with Crippen molar-refractivity contribution >= 4 is 37.8 Å². The fourth-order valence-electron chi connectivity index (χ4n) is 3.47. The van der Waals surface area contributed by atoms with Gasteiger partial charge in [0.25, 0.3) is 0 Å². The summed E-state index contributed by atoms with van der Waals surface area (Å²) in [6, 6.07) is 17.8. The molecular weight excluding hydrogens is 458 g/mol. The number of nitrogens with one attached hydrogen (secondary N) is 2. The van der Waals surface area contributed by atoms with Crippen molar-refractivity contribution in [1.29, 1.82) is 0 Å². The van der Waals surface area contributed by atoms with Crippen molar-refractivity contribution in [2.24, 2.45) is 0 Å². The zero-order valence-electron chi connectivity index (χ0n) is 18.9. The zero-order valence-corrected chi connectivity index (χ0v) is 19.7. The van der Waals surface area contributed by atoms with E-state index in [2.05, 4.69) is 10.0 Å². The summed E-state index contributed by atoms with van der Waals surface area (Å²) in [6.07, 6.45) is -0.906. The number of anilines is 1. The van der Waals surface area contributed by atoms with Gasteiger partial charge in [-0.1, -0.05) is 24.3 Å². The molecule has 0 saturated carbocycles. The van der Waals surface area contributed by atoms with Gasteiger partial charge in [0.2, 0.25) is 0 Å². The number of benzene rings is 3. The summed E-state index contributed by atoms with van der Waals surface area (Å²) in [4.78, 5) is 0. The normalized spacial score (nSPS) is 12.9. The first-order chi connectivity index (χ1) is 16.2. The van der Waals surface area contributed by atoms with Crippen molar-refractivity contribution in [3.63, 3.8) is 0 Å². The molecule has 10 heteroatoms. The van der Waals surface area contributed by atoms with Gasteiger partial charge in [0.1, 0.15) is 29.3 Å². The molecule has 0 amide bonds. The van der Waals surface area contributed by atoms with Crippen LogP contribution in [-0.2, 0) is 10.2 Å². The van der Waals surface area contributed by atoms with E-state index in [0.29, 0.717) is 18.7 Å². The smallest absolute Gasteiger partial charge is 0.301 e. The van der Waals surface area contributed by atoms with E-state index >= 15 is 0 Å². The van der Waals surface area contributed by atoms with Crippen LogP contribution in [0.1, 0.15) is 11.7 Å². The van der Waals surface area contributed by atoms with Crippen molar-refractivity contribution in [1.82, 2.24) is 9.62 Å². The van der Waals surface area contributed by atoms with E-state index < -0.39 is 16.3 Å². The summed E-state index contributed by atoms with van der Waals surface area (Å²) in [5.41, 5.74) is 2.09. The Hall–Kier alpha value is -3.31. The van der Waals surface area contributed by atoms with Gasteiger partial charge in [0, 0.05) is 38.0 Å². The number of ether oxygens (including phenoxy) is 1. The quantitative estimate of drug-likeness (QED) is 0.201. The molecule has 0 fully saturated rings. The molecule has 0 saturated heterocycles. The van der Waals surface area contributed by atoms with Crippen LogP contribution in [0.15, 0.2) is 65.1 Å². The molecule has 1 atom stereocenters. The molecule has 9 nitrogen and oxygen atoms in total. The molecular formula is C24H27N3O6S. The number of para-hydroxylation sites is 1. The Morgan fingerprint density at radius 1 is 1.03 bits per heavy atom. The maximum Gasteiger partial charge on any atom is 0.301 e. The van der Waals surface area contributed by atoms with Crippen LogP contribution in [0.2, 0.25) is 0 Å². The molecule has 0 aliphatic rings. The number of aromatic hydroxyl groups is 1. The summed E-state index contributed by atoms with van der Waals surface area (Å²) >= 11 is 0. The van der Waals surface area contributed by atoms with Crippen LogP contribution in [0.5, 0.6) is 11.5 Å². The van der Waals surface area contributed by atoms with Crippen molar-refractivity contribution in [3.8, 4) is 11.5 Å². The molecule has 34 heavy (non-hydrogen) atoms. The first-order valence-electron chi connectivity index (χ1n) is 10.7.